The third kappa shape index (κ3) is 3.30. The summed E-state index contributed by atoms with van der Waals surface area (Å²) in [5.74, 6) is 0.0364. The summed E-state index contributed by atoms with van der Waals surface area (Å²) < 4.78 is 5.90. The van der Waals surface area contributed by atoms with Crippen LogP contribution in [-0.4, -0.2) is 27.0 Å². The van der Waals surface area contributed by atoms with Crippen molar-refractivity contribution in [2.24, 2.45) is 10.1 Å². The first kappa shape index (κ1) is 18.0. The number of benzene rings is 2. The number of amides is 1. The van der Waals surface area contributed by atoms with Gasteiger partial charge in [-0.05, 0) is 53.7 Å². The first-order valence-corrected chi connectivity index (χ1v) is 10.4. The molecule has 1 amide bonds. The summed E-state index contributed by atoms with van der Waals surface area (Å²) in [6.07, 6.45) is 1.55. The quantitative estimate of drug-likeness (QED) is 0.590. The van der Waals surface area contributed by atoms with E-state index >= 15 is 0 Å². The molecular weight excluding hydrogens is 404 g/mol. The van der Waals surface area contributed by atoms with Gasteiger partial charge < -0.3 is 4.42 Å². The molecule has 29 heavy (non-hydrogen) atoms. The van der Waals surface area contributed by atoms with E-state index in [0.717, 1.165) is 15.3 Å². The number of hydrogen-bond acceptors (Lipinski definition) is 6. The average molecular weight is 419 g/mol. The van der Waals surface area contributed by atoms with E-state index in [1.54, 1.807) is 12.1 Å². The maximum atomic E-state index is 12.4. The zero-order valence-corrected chi connectivity index (χ0v) is 16.9. The molecule has 1 aromatic heterocycles. The Labute approximate surface area is 174 Å². The van der Waals surface area contributed by atoms with Gasteiger partial charge >= 0.3 is 0 Å². The molecule has 0 unspecified atom stereocenters. The maximum Gasteiger partial charge on any atom is 0.283 e. The number of nitrogens with one attached hydrogen (secondary N) is 1. The lowest BCUT2D eigenvalue weighted by Crippen LogP contribution is -2.35. The number of carbonyl (C=O) groups excluding carboxylic acids is 1. The molecule has 0 aliphatic carbocycles. The molecule has 3 heterocycles. The van der Waals surface area contributed by atoms with Crippen LogP contribution in [0.2, 0.25) is 0 Å². The minimum Gasteiger partial charge on any atom is -0.450 e. The molecule has 3 aromatic rings. The molecule has 0 radical (unpaired) electrons. The van der Waals surface area contributed by atoms with Gasteiger partial charge in [-0.25, -0.2) is 0 Å². The number of carbonyl (C=O) groups is 1. The maximum absolute atomic E-state index is 12.4. The SMILES string of the molecule is CC1=NN2C(=N)/C(=C/c3ccc(Sc4cccc5ccccc45)o3)C(=O)N=C2S1. The smallest absolute Gasteiger partial charge is 0.283 e. The van der Waals surface area contributed by atoms with Crippen molar-refractivity contribution in [3.8, 4) is 0 Å². The van der Waals surface area contributed by atoms with Gasteiger partial charge in [0.1, 0.15) is 5.76 Å². The zero-order chi connectivity index (χ0) is 20.0. The normalized spacial score (nSPS) is 17.7. The zero-order valence-electron chi connectivity index (χ0n) is 15.2. The first-order chi connectivity index (χ1) is 14.1. The Morgan fingerprint density at radius 3 is 2.86 bits per heavy atom. The number of hydrogen-bond donors (Lipinski definition) is 1. The third-order valence-corrected chi connectivity index (χ3v) is 6.22. The van der Waals surface area contributed by atoms with Gasteiger partial charge in [0, 0.05) is 4.90 Å². The van der Waals surface area contributed by atoms with Crippen LogP contribution < -0.4 is 0 Å². The Morgan fingerprint density at radius 1 is 1.14 bits per heavy atom. The minimum atomic E-state index is -0.460. The number of nitrogens with zero attached hydrogens (tertiary/aromatic N) is 3. The van der Waals surface area contributed by atoms with E-state index in [1.807, 2.05) is 31.2 Å². The van der Waals surface area contributed by atoms with Gasteiger partial charge in [0.05, 0.1) is 10.6 Å². The van der Waals surface area contributed by atoms with Crippen LogP contribution in [0, 0.1) is 5.41 Å². The molecule has 0 fully saturated rings. The van der Waals surface area contributed by atoms with Crippen molar-refractivity contribution in [2.75, 3.05) is 0 Å². The summed E-state index contributed by atoms with van der Waals surface area (Å²) >= 11 is 2.80. The van der Waals surface area contributed by atoms with Crippen molar-refractivity contribution in [3.05, 3.63) is 65.9 Å². The molecule has 2 aliphatic rings. The summed E-state index contributed by atoms with van der Waals surface area (Å²) in [6.45, 7) is 1.82. The van der Waals surface area contributed by atoms with Gasteiger partial charge in [-0.1, -0.05) is 48.2 Å². The Hall–Kier alpha value is -3.10. The van der Waals surface area contributed by atoms with Crippen LogP contribution >= 0.6 is 23.5 Å². The van der Waals surface area contributed by atoms with Crippen molar-refractivity contribution >= 4 is 62.3 Å². The fraction of sp³-hybridized carbons (Fsp3) is 0.0476. The minimum absolute atomic E-state index is 0.00371. The van der Waals surface area contributed by atoms with E-state index in [-0.39, 0.29) is 11.4 Å². The molecule has 5 rings (SSSR count). The van der Waals surface area contributed by atoms with E-state index in [9.17, 15) is 4.79 Å². The number of aliphatic imine (C=N–C) groups is 1. The van der Waals surface area contributed by atoms with Gasteiger partial charge in [-0.3, -0.25) is 10.2 Å². The molecule has 2 aliphatic heterocycles. The van der Waals surface area contributed by atoms with Crippen molar-refractivity contribution < 1.29 is 9.21 Å². The highest BCUT2D eigenvalue weighted by atomic mass is 32.2. The van der Waals surface area contributed by atoms with E-state index in [2.05, 4.69) is 34.4 Å². The second-order valence-electron chi connectivity index (χ2n) is 6.38. The second kappa shape index (κ2) is 7.06. The van der Waals surface area contributed by atoms with Crippen LogP contribution in [0.4, 0.5) is 0 Å². The Balaban J connectivity index is 1.43. The van der Waals surface area contributed by atoms with E-state index in [0.29, 0.717) is 16.0 Å². The molecule has 0 spiro atoms. The molecule has 8 heteroatoms. The predicted octanol–water partition coefficient (Wildman–Crippen LogP) is 5.22. The lowest BCUT2D eigenvalue weighted by atomic mass is 10.1. The highest BCUT2D eigenvalue weighted by Gasteiger charge is 2.34. The van der Waals surface area contributed by atoms with E-state index in [1.165, 1.54) is 33.9 Å². The van der Waals surface area contributed by atoms with Gasteiger partial charge in [0.15, 0.2) is 10.9 Å². The number of rotatable bonds is 3. The first-order valence-electron chi connectivity index (χ1n) is 8.81. The summed E-state index contributed by atoms with van der Waals surface area (Å²) in [7, 11) is 0. The van der Waals surface area contributed by atoms with Gasteiger partial charge in [0.25, 0.3) is 5.91 Å². The van der Waals surface area contributed by atoms with Crippen molar-refractivity contribution in [1.82, 2.24) is 5.01 Å². The molecule has 6 nitrogen and oxygen atoms in total. The van der Waals surface area contributed by atoms with Crippen LogP contribution in [-0.2, 0) is 4.79 Å². The van der Waals surface area contributed by atoms with Crippen molar-refractivity contribution in [3.63, 3.8) is 0 Å². The Bertz CT molecular complexity index is 1270. The standard InChI is InChI=1S/C21H14N4O2S2/c1-12-24-25-19(22)16(20(26)23-21(25)28-12)11-14-9-10-18(27-14)29-17-8-4-6-13-5-2-3-7-15(13)17/h2-11,22H,1H3/b16-11-,22-19?. The molecule has 0 bridgehead atoms. The van der Waals surface area contributed by atoms with Crippen molar-refractivity contribution in [1.29, 1.82) is 5.41 Å². The lowest BCUT2D eigenvalue weighted by molar-refractivity contribution is -0.114. The highest BCUT2D eigenvalue weighted by Crippen LogP contribution is 2.35. The fourth-order valence-corrected chi connectivity index (χ4v) is 4.76. The largest absolute Gasteiger partial charge is 0.450 e. The number of fused-ring (bicyclic) bond motifs is 2. The monoisotopic (exact) mass is 418 g/mol. The highest BCUT2D eigenvalue weighted by molar-refractivity contribution is 8.26. The van der Waals surface area contributed by atoms with Crippen LogP contribution in [0.1, 0.15) is 12.7 Å². The van der Waals surface area contributed by atoms with Crippen LogP contribution in [0.25, 0.3) is 16.8 Å². The van der Waals surface area contributed by atoms with Crippen LogP contribution in [0.15, 0.2) is 84.7 Å². The molecule has 0 saturated carbocycles. The van der Waals surface area contributed by atoms with Gasteiger partial charge in [0.2, 0.25) is 5.17 Å². The Kier molecular flexibility index (Phi) is 4.37. The van der Waals surface area contributed by atoms with Crippen LogP contribution in [0.3, 0.4) is 0 Å². The van der Waals surface area contributed by atoms with E-state index < -0.39 is 5.91 Å². The molecule has 0 saturated heterocycles. The molecular formula is C21H14N4O2S2. The number of amidine groups is 2. The summed E-state index contributed by atoms with van der Waals surface area (Å²) in [5.41, 5.74) is 0.156. The molecule has 2 aromatic carbocycles. The molecule has 0 atom stereocenters. The second-order valence-corrected chi connectivity index (χ2v) is 8.58. The summed E-state index contributed by atoms with van der Waals surface area (Å²) in [5, 5.41) is 18.1. The predicted molar refractivity (Wildman–Crippen MR) is 117 cm³/mol. The third-order valence-electron chi connectivity index (χ3n) is 4.40. The van der Waals surface area contributed by atoms with Crippen LogP contribution in [0.5, 0.6) is 0 Å². The number of thioether (sulfide) groups is 1. The molecule has 1 N–H and O–H groups in total. The van der Waals surface area contributed by atoms with Crippen molar-refractivity contribution in [2.45, 2.75) is 16.9 Å². The fourth-order valence-electron chi connectivity index (χ4n) is 3.09. The topological polar surface area (TPSA) is 82.0 Å². The van der Waals surface area contributed by atoms with Gasteiger partial charge in [-0.15, -0.1) is 0 Å². The van der Waals surface area contributed by atoms with E-state index in [4.69, 9.17) is 9.83 Å². The number of furan rings is 1. The molecule has 142 valence electrons. The number of hydrazone groups is 1. The summed E-state index contributed by atoms with van der Waals surface area (Å²) in [6, 6.07) is 18.0. The van der Waals surface area contributed by atoms with Gasteiger partial charge in [-0.2, -0.15) is 15.1 Å². The Morgan fingerprint density at radius 2 is 1.97 bits per heavy atom. The lowest BCUT2D eigenvalue weighted by Gasteiger charge is -2.19. The average Bonchev–Trinajstić information content (AvgIpc) is 3.31. The summed E-state index contributed by atoms with van der Waals surface area (Å²) in [4.78, 5) is 17.5.